The topological polar surface area (TPSA) is 15.3 Å². The van der Waals surface area contributed by atoms with Gasteiger partial charge in [-0.1, -0.05) is 18.8 Å². The van der Waals surface area contributed by atoms with E-state index in [0.717, 1.165) is 6.54 Å². The van der Waals surface area contributed by atoms with Gasteiger partial charge in [0, 0.05) is 18.6 Å². The Bertz CT molecular complexity index is 255. The van der Waals surface area contributed by atoms with Crippen LogP contribution in [0, 0.1) is 11.8 Å². The third-order valence-corrected chi connectivity index (χ3v) is 3.72. The Morgan fingerprint density at radius 2 is 2.07 bits per heavy atom. The molecule has 0 aromatic heterocycles. The molecule has 0 unspecified atom stereocenters. The van der Waals surface area contributed by atoms with Crippen LogP contribution in [0.4, 0.5) is 0 Å². The lowest BCUT2D eigenvalue weighted by Gasteiger charge is -2.32. The molecule has 0 atom stereocenters. The summed E-state index contributed by atoms with van der Waals surface area (Å²) in [6.07, 6.45) is 6.81. The maximum absolute atomic E-state index is 3.77. The second kappa shape index (κ2) is 5.01. The monoisotopic (exact) mass is 206 g/mol. The van der Waals surface area contributed by atoms with E-state index in [1.807, 2.05) is 6.92 Å². The summed E-state index contributed by atoms with van der Waals surface area (Å²) < 4.78 is 0. The molecule has 2 aliphatic rings. The lowest BCUT2D eigenvalue weighted by molar-refractivity contribution is 0.229. The summed E-state index contributed by atoms with van der Waals surface area (Å²) in [4.78, 5) is 2.53. The van der Waals surface area contributed by atoms with Crippen molar-refractivity contribution in [1.82, 2.24) is 10.2 Å². The van der Waals surface area contributed by atoms with Gasteiger partial charge in [0.2, 0.25) is 0 Å². The first kappa shape index (κ1) is 11.0. The molecular weight excluding hydrogens is 184 g/mol. The fraction of sp³-hybridized carbons (Fsp3) is 0.846. The maximum Gasteiger partial charge on any atom is 0.0602 e. The maximum atomic E-state index is 3.77. The van der Waals surface area contributed by atoms with E-state index in [1.165, 1.54) is 51.7 Å². The van der Waals surface area contributed by atoms with E-state index in [0.29, 0.717) is 5.54 Å². The van der Waals surface area contributed by atoms with Gasteiger partial charge in [-0.2, -0.15) is 0 Å². The van der Waals surface area contributed by atoms with Crippen LogP contribution in [-0.2, 0) is 0 Å². The molecule has 1 N–H and O–H groups in total. The summed E-state index contributed by atoms with van der Waals surface area (Å²) in [5, 5.41) is 3.77. The van der Waals surface area contributed by atoms with Crippen LogP contribution < -0.4 is 5.32 Å². The number of nitrogens with zero attached hydrogens (tertiary/aromatic N) is 1. The fourth-order valence-corrected chi connectivity index (χ4v) is 2.93. The first-order chi connectivity index (χ1) is 7.35. The molecule has 1 saturated heterocycles. The molecule has 1 heterocycles. The van der Waals surface area contributed by atoms with Gasteiger partial charge in [0.05, 0.1) is 6.54 Å². The number of rotatable bonds is 1. The molecule has 2 fully saturated rings. The summed E-state index contributed by atoms with van der Waals surface area (Å²) >= 11 is 0. The van der Waals surface area contributed by atoms with Crippen molar-refractivity contribution < 1.29 is 0 Å². The summed E-state index contributed by atoms with van der Waals surface area (Å²) in [5.41, 5.74) is 0.436. The van der Waals surface area contributed by atoms with Crippen LogP contribution in [0.3, 0.4) is 0 Å². The van der Waals surface area contributed by atoms with Gasteiger partial charge in [-0.05, 0) is 32.7 Å². The molecule has 0 aromatic carbocycles. The Balaban J connectivity index is 1.97. The van der Waals surface area contributed by atoms with Crippen molar-refractivity contribution in [2.45, 2.75) is 44.6 Å². The lowest BCUT2D eigenvalue weighted by atomic mass is 9.97. The van der Waals surface area contributed by atoms with Crippen molar-refractivity contribution in [3.05, 3.63) is 0 Å². The van der Waals surface area contributed by atoms with E-state index >= 15 is 0 Å². The van der Waals surface area contributed by atoms with Gasteiger partial charge in [-0.3, -0.25) is 4.90 Å². The molecule has 0 bridgehead atoms. The average Bonchev–Trinajstić information content (AvgIpc) is 2.58. The quantitative estimate of drug-likeness (QED) is 0.656. The minimum Gasteiger partial charge on any atom is -0.310 e. The number of hydrogen-bond acceptors (Lipinski definition) is 2. The summed E-state index contributed by atoms with van der Waals surface area (Å²) in [7, 11) is 0. The van der Waals surface area contributed by atoms with Crippen LogP contribution >= 0.6 is 0 Å². The van der Waals surface area contributed by atoms with E-state index in [1.54, 1.807) is 0 Å². The molecule has 15 heavy (non-hydrogen) atoms. The molecule has 1 aliphatic carbocycles. The van der Waals surface area contributed by atoms with E-state index in [9.17, 15) is 0 Å². The highest BCUT2D eigenvalue weighted by Crippen LogP contribution is 2.31. The van der Waals surface area contributed by atoms with Crippen LogP contribution in [0.1, 0.15) is 39.0 Å². The minimum absolute atomic E-state index is 0.436. The second-order valence-corrected chi connectivity index (χ2v) is 4.91. The lowest BCUT2D eigenvalue weighted by Crippen LogP contribution is -2.49. The predicted molar refractivity (Wildman–Crippen MR) is 63.7 cm³/mol. The second-order valence-electron chi connectivity index (χ2n) is 4.91. The Labute approximate surface area is 93.4 Å². The van der Waals surface area contributed by atoms with Crippen molar-refractivity contribution in [2.24, 2.45) is 0 Å². The molecule has 0 radical (unpaired) electrons. The zero-order chi connectivity index (χ0) is 10.6. The summed E-state index contributed by atoms with van der Waals surface area (Å²) in [6.45, 7) is 6.50. The molecule has 1 aliphatic heterocycles. The van der Waals surface area contributed by atoms with Gasteiger partial charge >= 0.3 is 0 Å². The highest BCUT2D eigenvalue weighted by Gasteiger charge is 2.35. The van der Waals surface area contributed by atoms with Crippen LogP contribution in [0.15, 0.2) is 0 Å². The van der Waals surface area contributed by atoms with Gasteiger partial charge in [-0.15, -0.1) is 5.92 Å². The Morgan fingerprint density at radius 1 is 1.27 bits per heavy atom. The molecular formula is C13H22N2. The normalized spacial score (nSPS) is 25.9. The van der Waals surface area contributed by atoms with Crippen LogP contribution in [0.5, 0.6) is 0 Å². The predicted octanol–water partition coefficient (Wildman–Crippen LogP) is 1.62. The summed E-state index contributed by atoms with van der Waals surface area (Å²) in [5.74, 6) is 6.20. The summed E-state index contributed by atoms with van der Waals surface area (Å²) in [6, 6.07) is 0. The fourth-order valence-electron chi connectivity index (χ4n) is 2.93. The van der Waals surface area contributed by atoms with E-state index in [-0.39, 0.29) is 0 Å². The third-order valence-electron chi connectivity index (χ3n) is 3.72. The Kier molecular flexibility index (Phi) is 3.66. The average molecular weight is 206 g/mol. The molecule has 2 nitrogen and oxygen atoms in total. The number of hydrogen-bond donors (Lipinski definition) is 1. The SMILES string of the molecule is CC#CCN1CCCNC2(CCCC2)C1. The molecule has 2 heteroatoms. The molecule has 84 valence electrons. The number of nitrogens with one attached hydrogen (secondary N) is 1. The van der Waals surface area contributed by atoms with E-state index in [4.69, 9.17) is 0 Å². The van der Waals surface area contributed by atoms with E-state index < -0.39 is 0 Å². The Hall–Kier alpha value is -0.520. The van der Waals surface area contributed by atoms with Crippen molar-refractivity contribution in [3.63, 3.8) is 0 Å². The zero-order valence-electron chi connectivity index (χ0n) is 9.81. The van der Waals surface area contributed by atoms with Crippen molar-refractivity contribution >= 4 is 0 Å². The first-order valence-corrected chi connectivity index (χ1v) is 6.22. The standard InChI is InChI=1S/C13H22N2/c1-2-3-10-15-11-6-9-14-13(12-15)7-4-5-8-13/h14H,4-12H2,1H3. The smallest absolute Gasteiger partial charge is 0.0602 e. The zero-order valence-corrected chi connectivity index (χ0v) is 9.81. The Morgan fingerprint density at radius 3 is 2.80 bits per heavy atom. The first-order valence-electron chi connectivity index (χ1n) is 6.22. The van der Waals surface area contributed by atoms with Gasteiger partial charge in [-0.25, -0.2) is 0 Å². The third kappa shape index (κ3) is 2.74. The van der Waals surface area contributed by atoms with Crippen molar-refractivity contribution in [2.75, 3.05) is 26.2 Å². The molecule has 2 rings (SSSR count). The molecule has 1 saturated carbocycles. The molecule has 1 spiro atoms. The minimum atomic E-state index is 0.436. The molecule has 0 amide bonds. The van der Waals surface area contributed by atoms with E-state index in [2.05, 4.69) is 22.1 Å². The van der Waals surface area contributed by atoms with Crippen LogP contribution in [0.2, 0.25) is 0 Å². The highest BCUT2D eigenvalue weighted by molar-refractivity contribution is 5.02. The largest absolute Gasteiger partial charge is 0.310 e. The van der Waals surface area contributed by atoms with Gasteiger partial charge < -0.3 is 5.32 Å². The van der Waals surface area contributed by atoms with Crippen molar-refractivity contribution in [1.29, 1.82) is 0 Å². The van der Waals surface area contributed by atoms with Gasteiger partial charge in [0.1, 0.15) is 0 Å². The van der Waals surface area contributed by atoms with Crippen LogP contribution in [0.25, 0.3) is 0 Å². The highest BCUT2D eigenvalue weighted by atomic mass is 15.2. The van der Waals surface area contributed by atoms with Crippen molar-refractivity contribution in [3.8, 4) is 11.8 Å². The van der Waals surface area contributed by atoms with Crippen LogP contribution in [-0.4, -0.2) is 36.6 Å². The molecule has 0 aromatic rings. The van der Waals surface area contributed by atoms with Gasteiger partial charge in [0.15, 0.2) is 0 Å². The van der Waals surface area contributed by atoms with Gasteiger partial charge in [0.25, 0.3) is 0 Å².